The zero-order valence-electron chi connectivity index (χ0n) is 14.0. The molecule has 1 aromatic carbocycles. The molecule has 2 aromatic rings. The fourth-order valence-electron chi connectivity index (χ4n) is 3.14. The van der Waals surface area contributed by atoms with Crippen LogP contribution in [0.3, 0.4) is 0 Å². The SMILES string of the molecule is COC1(C(=O)NCc2ccccc2Cn2cccn2)CCNCC1. The quantitative estimate of drug-likeness (QED) is 0.839. The average Bonchev–Trinajstić information content (AvgIpc) is 3.14. The van der Waals surface area contributed by atoms with Crippen LogP contribution >= 0.6 is 0 Å². The number of amides is 1. The molecule has 0 spiro atoms. The summed E-state index contributed by atoms with van der Waals surface area (Å²) in [5.74, 6) is -0.0274. The van der Waals surface area contributed by atoms with Crippen molar-refractivity contribution in [3.8, 4) is 0 Å². The molecule has 1 aliphatic rings. The molecule has 6 nitrogen and oxygen atoms in total. The second-order valence-electron chi connectivity index (χ2n) is 6.10. The van der Waals surface area contributed by atoms with Gasteiger partial charge in [-0.3, -0.25) is 9.48 Å². The van der Waals surface area contributed by atoms with Gasteiger partial charge in [0, 0.05) is 26.0 Å². The van der Waals surface area contributed by atoms with Crippen molar-refractivity contribution in [2.24, 2.45) is 0 Å². The molecule has 1 amide bonds. The zero-order chi connectivity index (χ0) is 16.8. The van der Waals surface area contributed by atoms with E-state index in [-0.39, 0.29) is 5.91 Å². The number of nitrogens with zero attached hydrogens (tertiary/aromatic N) is 2. The number of carbonyl (C=O) groups is 1. The molecular weight excluding hydrogens is 304 g/mol. The summed E-state index contributed by atoms with van der Waals surface area (Å²) in [6.45, 7) is 2.79. The molecule has 1 aromatic heterocycles. The highest BCUT2D eigenvalue weighted by Crippen LogP contribution is 2.23. The number of benzene rings is 1. The third-order valence-electron chi connectivity index (χ3n) is 4.67. The van der Waals surface area contributed by atoms with Gasteiger partial charge in [-0.05, 0) is 43.1 Å². The van der Waals surface area contributed by atoms with Crippen LogP contribution in [0.25, 0.3) is 0 Å². The van der Waals surface area contributed by atoms with Crippen molar-refractivity contribution >= 4 is 5.91 Å². The molecule has 1 fully saturated rings. The van der Waals surface area contributed by atoms with Gasteiger partial charge in [0.1, 0.15) is 5.60 Å². The van der Waals surface area contributed by atoms with E-state index in [1.54, 1.807) is 13.3 Å². The Labute approximate surface area is 142 Å². The summed E-state index contributed by atoms with van der Waals surface area (Å²) >= 11 is 0. The second-order valence-corrected chi connectivity index (χ2v) is 6.10. The highest BCUT2D eigenvalue weighted by Gasteiger charge is 2.39. The second kappa shape index (κ2) is 7.59. The number of carbonyl (C=O) groups excluding carboxylic acids is 1. The first-order valence-electron chi connectivity index (χ1n) is 8.32. The van der Waals surface area contributed by atoms with Crippen LogP contribution in [0.4, 0.5) is 0 Å². The maximum absolute atomic E-state index is 12.7. The van der Waals surface area contributed by atoms with E-state index in [2.05, 4.69) is 21.8 Å². The van der Waals surface area contributed by atoms with Gasteiger partial charge in [0.2, 0.25) is 0 Å². The average molecular weight is 328 g/mol. The van der Waals surface area contributed by atoms with Gasteiger partial charge in [-0.1, -0.05) is 24.3 Å². The summed E-state index contributed by atoms with van der Waals surface area (Å²) in [5, 5.41) is 10.6. The summed E-state index contributed by atoms with van der Waals surface area (Å²) in [4.78, 5) is 12.7. The van der Waals surface area contributed by atoms with Crippen molar-refractivity contribution in [3.63, 3.8) is 0 Å². The van der Waals surface area contributed by atoms with E-state index in [9.17, 15) is 4.79 Å². The van der Waals surface area contributed by atoms with Gasteiger partial charge in [-0.15, -0.1) is 0 Å². The lowest BCUT2D eigenvalue weighted by Crippen LogP contribution is -2.54. The molecule has 2 heterocycles. The molecule has 1 saturated heterocycles. The molecule has 3 rings (SSSR count). The van der Waals surface area contributed by atoms with Gasteiger partial charge >= 0.3 is 0 Å². The van der Waals surface area contributed by atoms with Crippen LogP contribution < -0.4 is 10.6 Å². The molecule has 0 bridgehead atoms. The van der Waals surface area contributed by atoms with Crippen LogP contribution in [0.1, 0.15) is 24.0 Å². The smallest absolute Gasteiger partial charge is 0.252 e. The van der Waals surface area contributed by atoms with Gasteiger partial charge < -0.3 is 15.4 Å². The van der Waals surface area contributed by atoms with Crippen LogP contribution in [0.2, 0.25) is 0 Å². The Kier molecular flexibility index (Phi) is 5.27. The number of aromatic nitrogens is 2. The van der Waals surface area contributed by atoms with E-state index >= 15 is 0 Å². The molecule has 128 valence electrons. The van der Waals surface area contributed by atoms with Crippen molar-refractivity contribution in [1.82, 2.24) is 20.4 Å². The van der Waals surface area contributed by atoms with E-state index in [0.29, 0.717) is 25.9 Å². The highest BCUT2D eigenvalue weighted by atomic mass is 16.5. The van der Waals surface area contributed by atoms with E-state index < -0.39 is 5.60 Å². The predicted octanol–water partition coefficient (Wildman–Crippen LogP) is 1.32. The Morgan fingerprint density at radius 2 is 2.04 bits per heavy atom. The third kappa shape index (κ3) is 3.66. The molecule has 0 aliphatic carbocycles. The summed E-state index contributed by atoms with van der Waals surface area (Å²) in [6, 6.07) is 10.0. The van der Waals surface area contributed by atoms with Crippen molar-refractivity contribution in [2.75, 3.05) is 20.2 Å². The Morgan fingerprint density at radius 3 is 2.71 bits per heavy atom. The fourth-order valence-corrected chi connectivity index (χ4v) is 3.14. The Morgan fingerprint density at radius 1 is 1.29 bits per heavy atom. The number of nitrogens with one attached hydrogen (secondary N) is 2. The molecular formula is C18H24N4O2. The van der Waals surface area contributed by atoms with Crippen molar-refractivity contribution in [1.29, 1.82) is 0 Å². The topological polar surface area (TPSA) is 68.2 Å². The number of hydrogen-bond acceptors (Lipinski definition) is 4. The molecule has 0 radical (unpaired) electrons. The summed E-state index contributed by atoms with van der Waals surface area (Å²) in [6.07, 6.45) is 5.10. The normalized spacial score (nSPS) is 16.7. The number of piperidine rings is 1. The third-order valence-corrected chi connectivity index (χ3v) is 4.67. The van der Waals surface area contributed by atoms with Gasteiger partial charge in [0.15, 0.2) is 0 Å². The van der Waals surface area contributed by atoms with E-state index in [4.69, 9.17) is 4.74 Å². The molecule has 0 atom stereocenters. The van der Waals surface area contributed by atoms with Crippen LogP contribution in [0, 0.1) is 0 Å². The maximum Gasteiger partial charge on any atom is 0.252 e. The van der Waals surface area contributed by atoms with E-state index in [1.807, 2.05) is 35.1 Å². The highest BCUT2D eigenvalue weighted by molar-refractivity contribution is 5.85. The van der Waals surface area contributed by atoms with Crippen molar-refractivity contribution in [3.05, 3.63) is 53.9 Å². The van der Waals surface area contributed by atoms with Gasteiger partial charge in [-0.2, -0.15) is 5.10 Å². The van der Waals surface area contributed by atoms with Crippen LogP contribution in [-0.4, -0.2) is 41.5 Å². The van der Waals surface area contributed by atoms with Crippen LogP contribution in [0.5, 0.6) is 0 Å². The van der Waals surface area contributed by atoms with Crippen molar-refractivity contribution in [2.45, 2.75) is 31.5 Å². The Bertz CT molecular complexity index is 663. The first-order valence-corrected chi connectivity index (χ1v) is 8.32. The minimum absolute atomic E-state index is 0.0274. The minimum Gasteiger partial charge on any atom is -0.368 e. The predicted molar refractivity (Wildman–Crippen MR) is 91.5 cm³/mol. The standard InChI is InChI=1S/C18H24N4O2/c1-24-18(7-10-19-11-8-18)17(23)20-13-15-5-2-3-6-16(15)14-22-12-4-9-21-22/h2-6,9,12,19H,7-8,10-11,13-14H2,1H3,(H,20,23). The fraction of sp³-hybridized carbons (Fsp3) is 0.444. The van der Waals surface area contributed by atoms with Crippen LogP contribution in [-0.2, 0) is 22.6 Å². The van der Waals surface area contributed by atoms with Crippen LogP contribution in [0.15, 0.2) is 42.7 Å². The number of methoxy groups -OCH3 is 1. The summed E-state index contributed by atoms with van der Waals surface area (Å²) in [5.41, 5.74) is 1.54. The zero-order valence-corrected chi connectivity index (χ0v) is 14.0. The van der Waals surface area contributed by atoms with Crippen molar-refractivity contribution < 1.29 is 9.53 Å². The summed E-state index contributed by atoms with van der Waals surface area (Å²) in [7, 11) is 1.62. The Hall–Kier alpha value is -2.18. The molecule has 1 aliphatic heterocycles. The largest absolute Gasteiger partial charge is 0.368 e. The lowest BCUT2D eigenvalue weighted by atomic mass is 9.91. The number of rotatable bonds is 6. The first kappa shape index (κ1) is 16.7. The minimum atomic E-state index is -0.706. The van der Waals surface area contributed by atoms with E-state index in [0.717, 1.165) is 24.2 Å². The van der Waals surface area contributed by atoms with Gasteiger partial charge in [0.25, 0.3) is 5.91 Å². The summed E-state index contributed by atoms with van der Waals surface area (Å²) < 4.78 is 7.46. The number of hydrogen-bond donors (Lipinski definition) is 2. The van der Waals surface area contributed by atoms with E-state index in [1.165, 1.54) is 0 Å². The lowest BCUT2D eigenvalue weighted by Gasteiger charge is -2.34. The first-order chi connectivity index (χ1) is 11.7. The molecule has 6 heteroatoms. The monoisotopic (exact) mass is 328 g/mol. The maximum atomic E-state index is 12.7. The Balaban J connectivity index is 1.67. The lowest BCUT2D eigenvalue weighted by molar-refractivity contribution is -0.146. The molecule has 2 N–H and O–H groups in total. The van der Waals surface area contributed by atoms with Gasteiger partial charge in [0.05, 0.1) is 6.54 Å². The molecule has 24 heavy (non-hydrogen) atoms. The molecule has 0 saturated carbocycles. The number of ether oxygens (including phenoxy) is 1. The molecule has 0 unspecified atom stereocenters. The van der Waals surface area contributed by atoms with Gasteiger partial charge in [-0.25, -0.2) is 0 Å².